The average Bonchev–Trinajstić information content (AvgIpc) is 3.10. The summed E-state index contributed by atoms with van der Waals surface area (Å²) in [5.74, 6) is 1.32. The van der Waals surface area contributed by atoms with Crippen molar-refractivity contribution < 1.29 is 9.53 Å². The number of nitrogens with zero attached hydrogens (tertiary/aromatic N) is 3. The molecule has 0 radical (unpaired) electrons. The second-order valence-corrected chi connectivity index (χ2v) is 8.91. The van der Waals surface area contributed by atoms with Gasteiger partial charge < -0.3 is 10.1 Å². The van der Waals surface area contributed by atoms with Crippen LogP contribution in [0.15, 0.2) is 60.3 Å². The van der Waals surface area contributed by atoms with Gasteiger partial charge in [-0.25, -0.2) is 0 Å². The Bertz CT molecular complexity index is 1060. The molecule has 30 heavy (non-hydrogen) atoms. The third kappa shape index (κ3) is 5.99. The highest BCUT2D eigenvalue weighted by Crippen LogP contribution is 2.25. The number of allylic oxidation sites excluding steroid dienone is 1. The van der Waals surface area contributed by atoms with Gasteiger partial charge in [-0.1, -0.05) is 41.6 Å². The van der Waals surface area contributed by atoms with Gasteiger partial charge in [-0.2, -0.15) is 0 Å². The lowest BCUT2D eigenvalue weighted by Crippen LogP contribution is -2.15. The number of carbonyl (C=O) groups is 1. The molecule has 0 aliphatic rings. The molecule has 0 bridgehead atoms. The van der Waals surface area contributed by atoms with Crippen LogP contribution in [0.5, 0.6) is 5.75 Å². The van der Waals surface area contributed by atoms with Crippen LogP contribution in [0.4, 0.5) is 5.69 Å². The standard InChI is InChI=1S/C21H20ClIN4O2S/c1-3-10-27-19(12-29-18-7-5-4-6-16(18)22)25-26-21(27)30-13-20(28)24-17-9-8-15(23)11-14(17)2/h3-9,11H,1,10,12-13H2,2H3,(H,24,28). The third-order valence-electron chi connectivity index (χ3n) is 4.09. The SMILES string of the molecule is C=CCn1c(COc2ccccc2Cl)nnc1SCC(=O)Nc1ccc(I)cc1C. The van der Waals surface area contributed by atoms with Crippen LogP contribution in [0.3, 0.4) is 0 Å². The van der Waals surface area contributed by atoms with Gasteiger partial charge in [-0.05, 0) is 65.4 Å². The number of halogens is 2. The van der Waals surface area contributed by atoms with E-state index in [1.54, 1.807) is 18.2 Å². The van der Waals surface area contributed by atoms with E-state index in [0.29, 0.717) is 28.3 Å². The molecule has 1 N–H and O–H groups in total. The lowest BCUT2D eigenvalue weighted by molar-refractivity contribution is -0.113. The lowest BCUT2D eigenvalue weighted by atomic mass is 10.2. The normalized spacial score (nSPS) is 10.6. The highest BCUT2D eigenvalue weighted by molar-refractivity contribution is 14.1. The van der Waals surface area contributed by atoms with Crippen molar-refractivity contribution >= 4 is 57.5 Å². The fourth-order valence-corrected chi connectivity index (χ4v) is 4.24. The van der Waals surface area contributed by atoms with E-state index in [-0.39, 0.29) is 18.3 Å². The number of benzene rings is 2. The molecule has 0 aliphatic heterocycles. The van der Waals surface area contributed by atoms with Crippen LogP contribution in [-0.2, 0) is 17.9 Å². The predicted octanol–water partition coefficient (Wildman–Crippen LogP) is 5.34. The summed E-state index contributed by atoms with van der Waals surface area (Å²) in [6, 6.07) is 13.1. The Hall–Kier alpha value is -2.04. The van der Waals surface area contributed by atoms with Crippen LogP contribution >= 0.6 is 46.0 Å². The molecule has 1 heterocycles. The summed E-state index contributed by atoms with van der Waals surface area (Å²) in [5, 5.41) is 12.5. The van der Waals surface area contributed by atoms with Gasteiger partial charge in [0.25, 0.3) is 0 Å². The van der Waals surface area contributed by atoms with Gasteiger partial charge >= 0.3 is 0 Å². The number of para-hydroxylation sites is 1. The summed E-state index contributed by atoms with van der Waals surface area (Å²) in [7, 11) is 0. The molecule has 0 saturated carbocycles. The summed E-state index contributed by atoms with van der Waals surface area (Å²) in [6.45, 7) is 6.48. The van der Waals surface area contributed by atoms with Crippen molar-refractivity contribution in [3.05, 3.63) is 75.1 Å². The largest absolute Gasteiger partial charge is 0.484 e. The van der Waals surface area contributed by atoms with E-state index in [0.717, 1.165) is 14.8 Å². The van der Waals surface area contributed by atoms with Gasteiger partial charge in [-0.3, -0.25) is 9.36 Å². The van der Waals surface area contributed by atoms with E-state index in [1.165, 1.54) is 11.8 Å². The molecule has 3 rings (SSSR count). The molecule has 0 aliphatic carbocycles. The fraction of sp³-hybridized carbons (Fsp3) is 0.190. The smallest absolute Gasteiger partial charge is 0.234 e. The number of hydrogen-bond acceptors (Lipinski definition) is 5. The van der Waals surface area contributed by atoms with E-state index >= 15 is 0 Å². The number of rotatable bonds is 9. The van der Waals surface area contributed by atoms with Gasteiger partial charge in [0.05, 0.1) is 10.8 Å². The Morgan fingerprint density at radius 2 is 2.13 bits per heavy atom. The molecule has 0 spiro atoms. The first-order valence-electron chi connectivity index (χ1n) is 9.07. The Balaban J connectivity index is 1.63. The highest BCUT2D eigenvalue weighted by Gasteiger charge is 2.15. The quantitative estimate of drug-likeness (QED) is 0.220. The van der Waals surface area contributed by atoms with Crippen molar-refractivity contribution in [2.75, 3.05) is 11.1 Å². The molecule has 6 nitrogen and oxygen atoms in total. The second kappa shape index (κ2) is 10.8. The van der Waals surface area contributed by atoms with Crippen LogP contribution < -0.4 is 10.1 Å². The zero-order valence-electron chi connectivity index (χ0n) is 16.3. The highest BCUT2D eigenvalue weighted by atomic mass is 127. The minimum atomic E-state index is -0.105. The number of thioether (sulfide) groups is 1. The van der Waals surface area contributed by atoms with Crippen molar-refractivity contribution in [3.63, 3.8) is 0 Å². The van der Waals surface area contributed by atoms with Crippen molar-refractivity contribution in [3.8, 4) is 5.75 Å². The third-order valence-corrected chi connectivity index (χ3v) is 6.04. The number of aromatic nitrogens is 3. The molecule has 1 amide bonds. The Kier molecular flexibility index (Phi) is 8.17. The zero-order valence-corrected chi connectivity index (χ0v) is 20.0. The fourth-order valence-electron chi connectivity index (χ4n) is 2.63. The van der Waals surface area contributed by atoms with E-state index in [1.807, 2.05) is 41.8 Å². The minimum Gasteiger partial charge on any atom is -0.484 e. The molecule has 2 aromatic carbocycles. The first-order chi connectivity index (χ1) is 14.5. The number of carbonyl (C=O) groups excluding carboxylic acids is 1. The summed E-state index contributed by atoms with van der Waals surface area (Å²) >= 11 is 9.70. The van der Waals surface area contributed by atoms with Crippen LogP contribution in [0.2, 0.25) is 5.02 Å². The maximum absolute atomic E-state index is 12.4. The molecule has 0 fully saturated rings. The summed E-state index contributed by atoms with van der Waals surface area (Å²) in [4.78, 5) is 12.4. The summed E-state index contributed by atoms with van der Waals surface area (Å²) in [5.41, 5.74) is 1.83. The number of ether oxygens (including phenoxy) is 1. The van der Waals surface area contributed by atoms with Gasteiger partial charge in [0.2, 0.25) is 5.91 Å². The number of hydrogen-bond donors (Lipinski definition) is 1. The van der Waals surface area contributed by atoms with Crippen molar-refractivity contribution in [2.24, 2.45) is 0 Å². The van der Waals surface area contributed by atoms with Gasteiger partial charge in [0.1, 0.15) is 12.4 Å². The molecule has 156 valence electrons. The van der Waals surface area contributed by atoms with Gasteiger partial charge in [0, 0.05) is 15.8 Å². The monoisotopic (exact) mass is 554 g/mol. The molecule has 0 atom stereocenters. The molecule has 0 saturated heterocycles. The Morgan fingerprint density at radius 3 is 2.87 bits per heavy atom. The minimum absolute atomic E-state index is 0.105. The molecule has 3 aromatic rings. The summed E-state index contributed by atoms with van der Waals surface area (Å²) < 4.78 is 8.77. The Morgan fingerprint density at radius 1 is 1.33 bits per heavy atom. The van der Waals surface area contributed by atoms with Crippen molar-refractivity contribution in [1.29, 1.82) is 0 Å². The van der Waals surface area contributed by atoms with Gasteiger partial charge in [-0.15, -0.1) is 16.8 Å². The van der Waals surface area contributed by atoms with E-state index in [9.17, 15) is 4.79 Å². The van der Waals surface area contributed by atoms with Crippen LogP contribution in [0, 0.1) is 10.5 Å². The second-order valence-electron chi connectivity index (χ2n) is 6.31. The Labute approximate surface area is 198 Å². The number of anilines is 1. The first kappa shape index (κ1) is 22.6. The predicted molar refractivity (Wildman–Crippen MR) is 129 cm³/mol. The molecule has 9 heteroatoms. The van der Waals surface area contributed by atoms with Crippen molar-refractivity contribution in [1.82, 2.24) is 14.8 Å². The maximum atomic E-state index is 12.4. The van der Waals surface area contributed by atoms with Crippen LogP contribution in [0.1, 0.15) is 11.4 Å². The van der Waals surface area contributed by atoms with Crippen molar-refractivity contribution in [2.45, 2.75) is 25.2 Å². The zero-order chi connectivity index (χ0) is 21.5. The van der Waals surface area contributed by atoms with Crippen LogP contribution in [0.25, 0.3) is 0 Å². The van der Waals surface area contributed by atoms with E-state index in [2.05, 4.69) is 44.7 Å². The van der Waals surface area contributed by atoms with E-state index in [4.69, 9.17) is 16.3 Å². The number of amides is 1. The molecular weight excluding hydrogens is 535 g/mol. The first-order valence-corrected chi connectivity index (χ1v) is 11.5. The maximum Gasteiger partial charge on any atom is 0.234 e. The number of aryl methyl sites for hydroxylation is 1. The molecule has 0 unspecified atom stereocenters. The lowest BCUT2D eigenvalue weighted by Gasteiger charge is -2.10. The number of nitrogens with one attached hydrogen (secondary N) is 1. The van der Waals surface area contributed by atoms with E-state index < -0.39 is 0 Å². The molecule has 1 aromatic heterocycles. The summed E-state index contributed by atoms with van der Waals surface area (Å²) in [6.07, 6.45) is 1.75. The average molecular weight is 555 g/mol. The van der Waals surface area contributed by atoms with Crippen LogP contribution in [-0.4, -0.2) is 26.4 Å². The van der Waals surface area contributed by atoms with Gasteiger partial charge in [0.15, 0.2) is 11.0 Å². The topological polar surface area (TPSA) is 69.0 Å². The molecular formula is C21H20ClIN4O2S.